The Morgan fingerprint density at radius 1 is 1.00 bits per heavy atom. The molecule has 6 heteroatoms. The van der Waals surface area contributed by atoms with E-state index in [9.17, 15) is 0 Å². The molecular formula is C16H13ClN2O3. The van der Waals surface area contributed by atoms with Crippen LogP contribution in [0.1, 0.15) is 5.89 Å². The highest BCUT2D eigenvalue weighted by Crippen LogP contribution is 2.26. The third kappa shape index (κ3) is 3.20. The summed E-state index contributed by atoms with van der Waals surface area (Å²) in [6.07, 6.45) is 0. The molecule has 1 heterocycles. The van der Waals surface area contributed by atoms with Gasteiger partial charge in [-0.05, 0) is 36.4 Å². The third-order valence-corrected chi connectivity index (χ3v) is 3.32. The molecule has 5 nitrogen and oxygen atoms in total. The molecule has 0 saturated carbocycles. The summed E-state index contributed by atoms with van der Waals surface area (Å²) >= 11 is 6.10. The van der Waals surface area contributed by atoms with E-state index in [1.807, 2.05) is 42.5 Å². The number of hydrogen-bond acceptors (Lipinski definition) is 5. The summed E-state index contributed by atoms with van der Waals surface area (Å²) in [7, 11) is 1.62. The van der Waals surface area contributed by atoms with E-state index < -0.39 is 0 Å². The predicted octanol–water partition coefficient (Wildman–Crippen LogP) is 3.98. The Morgan fingerprint density at radius 2 is 1.73 bits per heavy atom. The minimum absolute atomic E-state index is 0.184. The average Bonchev–Trinajstić information content (AvgIpc) is 3.02. The van der Waals surface area contributed by atoms with Crippen molar-refractivity contribution in [1.82, 2.24) is 10.2 Å². The van der Waals surface area contributed by atoms with Gasteiger partial charge in [0.05, 0.1) is 17.7 Å². The van der Waals surface area contributed by atoms with Gasteiger partial charge >= 0.3 is 0 Å². The van der Waals surface area contributed by atoms with Gasteiger partial charge in [0.15, 0.2) is 6.61 Å². The minimum atomic E-state index is 0.184. The molecule has 0 aliphatic rings. The summed E-state index contributed by atoms with van der Waals surface area (Å²) in [6, 6.07) is 14.6. The molecule has 112 valence electrons. The van der Waals surface area contributed by atoms with Crippen LogP contribution in [0.2, 0.25) is 5.02 Å². The molecule has 0 aliphatic heterocycles. The molecule has 0 unspecified atom stereocenters. The fraction of sp³-hybridized carbons (Fsp3) is 0.125. The quantitative estimate of drug-likeness (QED) is 0.712. The lowest BCUT2D eigenvalue weighted by atomic mass is 10.2. The van der Waals surface area contributed by atoms with Gasteiger partial charge in [0.1, 0.15) is 11.5 Å². The smallest absolute Gasteiger partial charge is 0.254 e. The molecule has 0 bridgehead atoms. The summed E-state index contributed by atoms with van der Waals surface area (Å²) < 4.78 is 16.2. The molecule has 0 atom stereocenters. The van der Waals surface area contributed by atoms with Crippen molar-refractivity contribution in [3.63, 3.8) is 0 Å². The Morgan fingerprint density at radius 3 is 2.45 bits per heavy atom. The third-order valence-electron chi connectivity index (χ3n) is 2.99. The Kier molecular flexibility index (Phi) is 4.25. The number of methoxy groups -OCH3 is 1. The monoisotopic (exact) mass is 316 g/mol. The van der Waals surface area contributed by atoms with Crippen molar-refractivity contribution < 1.29 is 13.9 Å². The molecule has 0 spiro atoms. The zero-order valence-corrected chi connectivity index (χ0v) is 12.6. The van der Waals surface area contributed by atoms with E-state index >= 15 is 0 Å². The van der Waals surface area contributed by atoms with E-state index in [4.69, 9.17) is 25.5 Å². The molecule has 0 saturated heterocycles. The van der Waals surface area contributed by atoms with Crippen molar-refractivity contribution in [2.75, 3.05) is 7.11 Å². The number of halogens is 1. The van der Waals surface area contributed by atoms with Gasteiger partial charge in [-0.1, -0.05) is 23.7 Å². The number of rotatable bonds is 5. The van der Waals surface area contributed by atoms with Crippen molar-refractivity contribution >= 4 is 11.6 Å². The van der Waals surface area contributed by atoms with E-state index in [0.717, 1.165) is 5.75 Å². The van der Waals surface area contributed by atoms with Crippen LogP contribution in [0.25, 0.3) is 11.5 Å². The highest BCUT2D eigenvalue weighted by Gasteiger charge is 2.11. The fourth-order valence-corrected chi connectivity index (χ4v) is 2.09. The van der Waals surface area contributed by atoms with Crippen LogP contribution in [-0.2, 0) is 6.61 Å². The van der Waals surface area contributed by atoms with Crippen LogP contribution in [0.3, 0.4) is 0 Å². The lowest BCUT2D eigenvalue weighted by Crippen LogP contribution is -1.95. The second kappa shape index (κ2) is 6.49. The molecular weight excluding hydrogens is 304 g/mol. The zero-order valence-electron chi connectivity index (χ0n) is 11.8. The summed E-state index contributed by atoms with van der Waals surface area (Å²) in [5.41, 5.74) is 0.701. The van der Waals surface area contributed by atoms with E-state index in [1.54, 1.807) is 13.2 Å². The Bertz CT molecular complexity index is 756. The van der Waals surface area contributed by atoms with E-state index in [1.165, 1.54) is 0 Å². The Balaban J connectivity index is 1.68. The lowest BCUT2D eigenvalue weighted by molar-refractivity contribution is 0.264. The summed E-state index contributed by atoms with van der Waals surface area (Å²) in [4.78, 5) is 0. The second-order valence-corrected chi connectivity index (χ2v) is 4.85. The first-order valence-corrected chi connectivity index (χ1v) is 6.98. The Labute approximate surface area is 132 Å². The van der Waals surface area contributed by atoms with Crippen LogP contribution in [0.5, 0.6) is 11.5 Å². The lowest BCUT2D eigenvalue weighted by Gasteiger charge is -2.04. The van der Waals surface area contributed by atoms with Gasteiger partial charge in [-0.25, -0.2) is 0 Å². The minimum Gasteiger partial charge on any atom is -0.497 e. The van der Waals surface area contributed by atoms with Crippen LogP contribution in [-0.4, -0.2) is 17.3 Å². The van der Waals surface area contributed by atoms with Crippen LogP contribution >= 0.6 is 11.6 Å². The van der Waals surface area contributed by atoms with Gasteiger partial charge < -0.3 is 13.9 Å². The molecule has 2 aromatic carbocycles. The maximum atomic E-state index is 6.10. The fourth-order valence-electron chi connectivity index (χ4n) is 1.87. The number of hydrogen-bond donors (Lipinski definition) is 0. The van der Waals surface area contributed by atoms with Crippen molar-refractivity contribution in [1.29, 1.82) is 0 Å². The molecule has 3 rings (SSSR count). The molecule has 22 heavy (non-hydrogen) atoms. The normalized spacial score (nSPS) is 10.5. The van der Waals surface area contributed by atoms with Gasteiger partial charge in [0.2, 0.25) is 5.89 Å². The SMILES string of the molecule is COc1ccc(OCc2nnc(-c3ccccc3Cl)o2)cc1. The molecule has 0 amide bonds. The second-order valence-electron chi connectivity index (χ2n) is 4.45. The van der Waals surface area contributed by atoms with Gasteiger partial charge in [0.25, 0.3) is 5.89 Å². The molecule has 0 N–H and O–H groups in total. The van der Waals surface area contributed by atoms with Crippen LogP contribution in [0.4, 0.5) is 0 Å². The Hall–Kier alpha value is -2.53. The van der Waals surface area contributed by atoms with Crippen LogP contribution in [0, 0.1) is 0 Å². The maximum absolute atomic E-state index is 6.10. The first kappa shape index (κ1) is 14.4. The number of ether oxygens (including phenoxy) is 2. The maximum Gasteiger partial charge on any atom is 0.254 e. The van der Waals surface area contributed by atoms with Gasteiger partial charge in [-0.2, -0.15) is 0 Å². The standard InChI is InChI=1S/C16H13ClN2O3/c1-20-11-6-8-12(9-7-11)21-10-15-18-19-16(22-15)13-4-2-3-5-14(13)17/h2-9H,10H2,1H3. The van der Waals surface area contributed by atoms with Crippen LogP contribution < -0.4 is 9.47 Å². The largest absolute Gasteiger partial charge is 0.497 e. The van der Waals surface area contributed by atoms with Crippen molar-refractivity contribution in [2.24, 2.45) is 0 Å². The highest BCUT2D eigenvalue weighted by atomic mass is 35.5. The van der Waals surface area contributed by atoms with Gasteiger partial charge in [-0.3, -0.25) is 0 Å². The predicted molar refractivity (Wildman–Crippen MR) is 82.1 cm³/mol. The summed E-state index contributed by atoms with van der Waals surface area (Å²) in [5, 5.41) is 8.51. The van der Waals surface area contributed by atoms with E-state index in [-0.39, 0.29) is 6.61 Å². The van der Waals surface area contributed by atoms with Crippen LogP contribution in [0.15, 0.2) is 52.9 Å². The molecule has 0 aliphatic carbocycles. The topological polar surface area (TPSA) is 57.4 Å². The molecule has 1 aromatic heterocycles. The first-order chi connectivity index (χ1) is 10.8. The molecule has 0 fully saturated rings. The van der Waals surface area contributed by atoms with Crippen molar-refractivity contribution in [3.8, 4) is 23.0 Å². The molecule has 3 aromatic rings. The van der Waals surface area contributed by atoms with E-state index in [2.05, 4.69) is 10.2 Å². The summed E-state index contributed by atoms with van der Waals surface area (Å²) in [5.74, 6) is 2.22. The van der Waals surface area contributed by atoms with Gasteiger partial charge in [-0.15, -0.1) is 10.2 Å². The summed E-state index contributed by atoms with van der Waals surface area (Å²) in [6.45, 7) is 0.184. The van der Waals surface area contributed by atoms with Gasteiger partial charge in [0, 0.05) is 0 Å². The average molecular weight is 317 g/mol. The van der Waals surface area contributed by atoms with E-state index in [0.29, 0.717) is 28.1 Å². The first-order valence-electron chi connectivity index (χ1n) is 6.60. The molecule has 0 radical (unpaired) electrons. The van der Waals surface area contributed by atoms with Crippen molar-refractivity contribution in [3.05, 3.63) is 59.4 Å². The number of aromatic nitrogens is 2. The van der Waals surface area contributed by atoms with Crippen molar-refractivity contribution in [2.45, 2.75) is 6.61 Å². The zero-order chi connectivity index (χ0) is 15.4. The highest BCUT2D eigenvalue weighted by molar-refractivity contribution is 6.33. The number of nitrogens with zero attached hydrogens (tertiary/aromatic N) is 2. The number of benzene rings is 2.